The van der Waals surface area contributed by atoms with Gasteiger partial charge in [-0.2, -0.15) is 15.4 Å². The lowest BCUT2D eigenvalue weighted by Gasteiger charge is -2.13. The molecule has 134 valence electrons. The molecule has 26 heavy (non-hydrogen) atoms. The molecule has 0 saturated heterocycles. The van der Waals surface area contributed by atoms with Crippen LogP contribution >= 0.6 is 0 Å². The van der Waals surface area contributed by atoms with E-state index in [1.165, 1.54) is 0 Å². The molecule has 0 spiro atoms. The molecule has 0 bridgehead atoms. The number of tetrazole rings is 1. The number of rotatable bonds is 6. The second kappa shape index (κ2) is 7.95. The third kappa shape index (κ3) is 4.36. The molecule has 1 N–H and O–H groups in total. The molecular weight excluding hydrogens is 331 g/mol. The Morgan fingerprint density at radius 1 is 1.27 bits per heavy atom. The summed E-state index contributed by atoms with van der Waals surface area (Å²) in [4.78, 5) is 0. The van der Waals surface area contributed by atoms with E-state index < -0.39 is 0 Å². The minimum Gasteiger partial charge on any atom is -0.206 e. The van der Waals surface area contributed by atoms with E-state index in [1.807, 2.05) is 31.2 Å². The van der Waals surface area contributed by atoms with Crippen molar-refractivity contribution in [2.75, 3.05) is 0 Å². The second-order valence-corrected chi connectivity index (χ2v) is 6.76. The minimum atomic E-state index is -0.327. The van der Waals surface area contributed by atoms with Gasteiger partial charge in [-0.3, -0.25) is 0 Å². The highest BCUT2D eigenvalue weighted by Crippen LogP contribution is 2.28. The summed E-state index contributed by atoms with van der Waals surface area (Å²) in [7, 11) is 0. The Hall–Kier alpha value is -2.96. The van der Waals surface area contributed by atoms with Crippen LogP contribution in [0.5, 0.6) is 0 Å². The van der Waals surface area contributed by atoms with E-state index in [0.717, 1.165) is 28.8 Å². The molecule has 0 aliphatic carbocycles. The number of allylic oxidation sites excluding steroid dienone is 1. The third-order valence-electron chi connectivity index (χ3n) is 3.90. The van der Waals surface area contributed by atoms with Gasteiger partial charge in [0.2, 0.25) is 5.82 Å². The van der Waals surface area contributed by atoms with Gasteiger partial charge in [-0.25, -0.2) is 4.39 Å². The monoisotopic (exact) mass is 352 g/mol. The molecule has 0 unspecified atom stereocenters. The molecule has 3 aromatic rings. The lowest BCUT2D eigenvalue weighted by molar-refractivity contribution is 0.612. The first-order valence-corrected chi connectivity index (χ1v) is 8.53. The zero-order valence-electron chi connectivity index (χ0n) is 15.1. The van der Waals surface area contributed by atoms with Gasteiger partial charge in [0.1, 0.15) is 5.82 Å². The molecule has 2 aromatic heterocycles. The Bertz CT molecular complexity index is 888. The summed E-state index contributed by atoms with van der Waals surface area (Å²) in [5.74, 6) is 0.377. The van der Waals surface area contributed by atoms with Crippen molar-refractivity contribution in [3.8, 4) is 11.4 Å². The van der Waals surface area contributed by atoms with Crippen molar-refractivity contribution in [1.82, 2.24) is 30.8 Å². The van der Waals surface area contributed by atoms with Crippen LogP contribution in [0.1, 0.15) is 37.6 Å². The summed E-state index contributed by atoms with van der Waals surface area (Å²) in [6.45, 7) is 6.22. The molecule has 0 atom stereocenters. The van der Waals surface area contributed by atoms with Gasteiger partial charge in [0.25, 0.3) is 0 Å². The summed E-state index contributed by atoms with van der Waals surface area (Å²) in [5.41, 5.74) is 3.99. The van der Waals surface area contributed by atoms with E-state index >= 15 is 0 Å². The van der Waals surface area contributed by atoms with Crippen LogP contribution in [0.25, 0.3) is 17.5 Å². The van der Waals surface area contributed by atoms with Crippen molar-refractivity contribution in [2.24, 2.45) is 5.92 Å². The molecule has 0 fully saturated rings. The van der Waals surface area contributed by atoms with Crippen LogP contribution in [0.4, 0.5) is 4.39 Å². The summed E-state index contributed by atoms with van der Waals surface area (Å²) < 4.78 is 14.8. The van der Waals surface area contributed by atoms with Crippen LogP contribution < -0.4 is 0 Å². The highest BCUT2D eigenvalue weighted by Gasteiger charge is 2.17. The molecule has 7 heteroatoms. The normalized spacial score (nSPS) is 12.0. The predicted molar refractivity (Wildman–Crippen MR) is 97.5 cm³/mol. The van der Waals surface area contributed by atoms with Gasteiger partial charge in [0, 0.05) is 6.20 Å². The van der Waals surface area contributed by atoms with Crippen molar-refractivity contribution in [3.05, 3.63) is 58.7 Å². The number of nitrogens with zero attached hydrogens (tertiary/aromatic N) is 5. The average molecular weight is 352 g/mol. The van der Waals surface area contributed by atoms with Crippen LogP contribution in [0.15, 0.2) is 36.0 Å². The average Bonchev–Trinajstić information content (AvgIpc) is 3.08. The van der Waals surface area contributed by atoms with E-state index in [4.69, 9.17) is 0 Å². The number of hydrogen-bond donors (Lipinski definition) is 1. The van der Waals surface area contributed by atoms with E-state index in [0.29, 0.717) is 17.9 Å². The second-order valence-electron chi connectivity index (χ2n) is 6.76. The maximum Gasteiger partial charge on any atom is 0.207 e. The summed E-state index contributed by atoms with van der Waals surface area (Å²) >= 11 is 0. The lowest BCUT2D eigenvalue weighted by atomic mass is 9.93. The molecule has 0 amide bonds. The molecule has 2 heterocycles. The van der Waals surface area contributed by atoms with Gasteiger partial charge in [-0.15, -0.1) is 10.2 Å². The van der Waals surface area contributed by atoms with Gasteiger partial charge in [-0.05, 0) is 66.3 Å². The molecule has 0 saturated carbocycles. The fraction of sp³-hybridized carbons (Fsp3) is 0.316. The van der Waals surface area contributed by atoms with E-state index in [1.54, 1.807) is 12.3 Å². The fourth-order valence-corrected chi connectivity index (χ4v) is 2.97. The molecule has 1 aromatic carbocycles. The quantitative estimate of drug-likeness (QED) is 0.732. The first-order chi connectivity index (χ1) is 12.5. The lowest BCUT2D eigenvalue weighted by Crippen LogP contribution is -2.02. The van der Waals surface area contributed by atoms with E-state index in [-0.39, 0.29) is 11.6 Å². The Morgan fingerprint density at radius 3 is 2.77 bits per heavy atom. The minimum absolute atomic E-state index is 0.265. The standard InChI is InChI=1S/C19H21FN6/c1-12(2)7-14-10-15(8-13(3)9-16-5-4-6-21-22-16)18(17(20)11-14)19-23-25-26-24-19/h4-6,9-12H,7-8H2,1-3H3,(H,23,24,25,26)/b13-9+. The Morgan fingerprint density at radius 2 is 2.12 bits per heavy atom. The number of aromatic amines is 1. The van der Waals surface area contributed by atoms with Gasteiger partial charge in [-0.1, -0.05) is 25.5 Å². The number of H-pyrrole nitrogens is 1. The third-order valence-corrected chi connectivity index (χ3v) is 3.90. The summed E-state index contributed by atoms with van der Waals surface area (Å²) in [6.07, 6.45) is 4.94. The molecule has 0 radical (unpaired) electrons. The zero-order valence-corrected chi connectivity index (χ0v) is 15.1. The summed E-state index contributed by atoms with van der Waals surface area (Å²) in [6, 6.07) is 7.31. The topological polar surface area (TPSA) is 80.2 Å². The Balaban J connectivity index is 2.00. The first-order valence-electron chi connectivity index (χ1n) is 8.53. The van der Waals surface area contributed by atoms with E-state index in [2.05, 4.69) is 44.7 Å². The van der Waals surface area contributed by atoms with Crippen LogP contribution in [0, 0.1) is 11.7 Å². The molecule has 0 aliphatic heterocycles. The SMILES string of the molecule is C/C(=C\c1cccnn1)Cc1cc(CC(C)C)cc(F)c1-c1nn[nH]n1. The highest BCUT2D eigenvalue weighted by atomic mass is 19.1. The maximum absolute atomic E-state index is 14.8. The van der Waals surface area contributed by atoms with Crippen LogP contribution in [-0.2, 0) is 12.8 Å². The Labute approximate surface area is 151 Å². The number of halogens is 1. The van der Waals surface area contributed by atoms with Crippen LogP contribution in [0.3, 0.4) is 0 Å². The smallest absolute Gasteiger partial charge is 0.206 e. The molecule has 3 rings (SSSR count). The van der Waals surface area contributed by atoms with Gasteiger partial charge >= 0.3 is 0 Å². The number of benzene rings is 1. The molecule has 6 nitrogen and oxygen atoms in total. The van der Waals surface area contributed by atoms with Crippen LogP contribution in [0.2, 0.25) is 0 Å². The highest BCUT2D eigenvalue weighted by molar-refractivity contribution is 5.63. The van der Waals surface area contributed by atoms with Crippen molar-refractivity contribution in [3.63, 3.8) is 0 Å². The maximum atomic E-state index is 14.8. The fourth-order valence-electron chi connectivity index (χ4n) is 2.97. The van der Waals surface area contributed by atoms with Crippen LogP contribution in [-0.4, -0.2) is 30.8 Å². The first kappa shape index (κ1) is 17.8. The van der Waals surface area contributed by atoms with E-state index in [9.17, 15) is 4.39 Å². The van der Waals surface area contributed by atoms with Crippen molar-refractivity contribution in [1.29, 1.82) is 0 Å². The summed E-state index contributed by atoms with van der Waals surface area (Å²) in [5, 5.41) is 21.8. The Kier molecular flexibility index (Phi) is 5.46. The molecule has 0 aliphatic rings. The van der Waals surface area contributed by atoms with Gasteiger partial charge < -0.3 is 0 Å². The molecular formula is C19H21FN6. The van der Waals surface area contributed by atoms with Crippen molar-refractivity contribution < 1.29 is 4.39 Å². The number of hydrogen-bond acceptors (Lipinski definition) is 5. The predicted octanol–water partition coefficient (Wildman–Crippen LogP) is 3.64. The largest absolute Gasteiger partial charge is 0.207 e. The zero-order chi connectivity index (χ0) is 18.5. The van der Waals surface area contributed by atoms with Crippen molar-refractivity contribution in [2.45, 2.75) is 33.6 Å². The van der Waals surface area contributed by atoms with Gasteiger partial charge in [0.15, 0.2) is 0 Å². The number of aromatic nitrogens is 6. The number of nitrogens with one attached hydrogen (secondary N) is 1. The van der Waals surface area contributed by atoms with Gasteiger partial charge in [0.05, 0.1) is 11.3 Å². The van der Waals surface area contributed by atoms with Crippen molar-refractivity contribution >= 4 is 6.08 Å².